The van der Waals surface area contributed by atoms with Crippen LogP contribution < -0.4 is 5.32 Å². The van der Waals surface area contributed by atoms with Gasteiger partial charge in [-0.25, -0.2) is 0 Å². The molecule has 1 amide bonds. The molecule has 0 saturated carbocycles. The summed E-state index contributed by atoms with van der Waals surface area (Å²) < 4.78 is 13.5. The van der Waals surface area contributed by atoms with Crippen LogP contribution in [0.2, 0.25) is 0 Å². The molecule has 1 saturated heterocycles. The van der Waals surface area contributed by atoms with Crippen molar-refractivity contribution in [3.63, 3.8) is 0 Å². The minimum Gasteiger partial charge on any atom is -0.344 e. The highest BCUT2D eigenvalue weighted by Gasteiger charge is 2.22. The molecule has 1 atom stereocenters. The van der Waals surface area contributed by atoms with Crippen molar-refractivity contribution < 1.29 is 14.1 Å². The first-order chi connectivity index (χ1) is 9.47. The molecule has 1 heterocycles. The van der Waals surface area contributed by atoms with Gasteiger partial charge in [0.1, 0.15) is 0 Å². The average Bonchev–Trinajstić information content (AvgIpc) is 2.40. The highest BCUT2D eigenvalue weighted by atomic mass is 19.1. The summed E-state index contributed by atoms with van der Waals surface area (Å²) >= 11 is 0. The van der Waals surface area contributed by atoms with Crippen LogP contribution in [0.25, 0.3) is 0 Å². The van der Waals surface area contributed by atoms with E-state index in [0.29, 0.717) is 25.1 Å². The van der Waals surface area contributed by atoms with Crippen molar-refractivity contribution in [2.24, 2.45) is 0 Å². The number of nitrogens with zero attached hydrogens (tertiary/aromatic N) is 2. The number of piperidine rings is 1. The number of hydrogen-bond donors (Lipinski definition) is 1. The fourth-order valence-electron chi connectivity index (χ4n) is 2.25. The van der Waals surface area contributed by atoms with E-state index in [9.17, 15) is 19.3 Å². The first-order valence-corrected chi connectivity index (χ1v) is 6.37. The number of benzene rings is 1. The number of hydrogen-bond acceptors (Lipinski definition) is 4. The highest BCUT2D eigenvalue weighted by Crippen LogP contribution is 2.18. The Morgan fingerprint density at radius 3 is 2.90 bits per heavy atom. The Morgan fingerprint density at radius 2 is 2.30 bits per heavy atom. The summed E-state index contributed by atoms with van der Waals surface area (Å²) in [6.45, 7) is 1.04. The molecule has 1 N–H and O–H groups in total. The Kier molecular flexibility index (Phi) is 4.29. The van der Waals surface area contributed by atoms with Gasteiger partial charge >= 0.3 is 5.69 Å². The molecular weight excluding hydrogens is 265 g/mol. The van der Waals surface area contributed by atoms with Crippen molar-refractivity contribution in [1.82, 2.24) is 10.2 Å². The smallest absolute Gasteiger partial charge is 0.304 e. The Bertz CT molecular complexity index is 536. The Labute approximate surface area is 115 Å². The Hall–Kier alpha value is -2.02. The molecule has 1 unspecified atom stereocenters. The standard InChI is InChI=1S/C13H16FN3O3/c1-16-8-10(3-5-13(16)18)15-7-9-2-4-12(17(19)20)11(14)6-9/h2,4,6,10,15H,3,5,7-8H2,1H3. The minimum absolute atomic E-state index is 0.129. The first-order valence-electron chi connectivity index (χ1n) is 6.37. The molecule has 20 heavy (non-hydrogen) atoms. The van der Waals surface area contributed by atoms with Gasteiger partial charge in [0, 0.05) is 38.7 Å². The molecule has 1 aliphatic heterocycles. The largest absolute Gasteiger partial charge is 0.344 e. The van der Waals surface area contributed by atoms with Gasteiger partial charge < -0.3 is 10.2 Å². The number of likely N-dealkylation sites (N-methyl/N-ethyl adjacent to an activating group) is 1. The second kappa shape index (κ2) is 5.96. The fraction of sp³-hybridized carbons (Fsp3) is 0.462. The SMILES string of the molecule is CN1CC(NCc2ccc([N+](=O)[O-])c(F)c2)CCC1=O. The lowest BCUT2D eigenvalue weighted by Crippen LogP contribution is -2.46. The number of likely N-dealkylation sites (tertiary alicyclic amines) is 1. The number of carbonyl (C=O) groups excluding carboxylic acids is 1. The van der Waals surface area contributed by atoms with Crippen LogP contribution in [0.4, 0.5) is 10.1 Å². The number of carbonyl (C=O) groups is 1. The second-order valence-corrected chi connectivity index (χ2v) is 4.93. The maximum Gasteiger partial charge on any atom is 0.304 e. The number of nitro benzene ring substituents is 1. The topological polar surface area (TPSA) is 75.5 Å². The number of halogens is 1. The van der Waals surface area contributed by atoms with Crippen molar-refractivity contribution in [2.75, 3.05) is 13.6 Å². The summed E-state index contributed by atoms with van der Waals surface area (Å²) in [5.74, 6) is -0.699. The lowest BCUT2D eigenvalue weighted by atomic mass is 10.1. The van der Waals surface area contributed by atoms with E-state index in [4.69, 9.17) is 0 Å². The van der Waals surface area contributed by atoms with Crippen molar-refractivity contribution >= 4 is 11.6 Å². The quantitative estimate of drug-likeness (QED) is 0.669. The summed E-state index contributed by atoms with van der Waals surface area (Å²) in [5, 5.41) is 13.8. The predicted octanol–water partition coefficient (Wildman–Crippen LogP) is 1.44. The lowest BCUT2D eigenvalue weighted by molar-refractivity contribution is -0.387. The number of amides is 1. The Morgan fingerprint density at radius 1 is 1.55 bits per heavy atom. The van der Waals surface area contributed by atoms with Crippen LogP contribution in [0.5, 0.6) is 0 Å². The zero-order chi connectivity index (χ0) is 14.7. The normalized spacial score (nSPS) is 19.2. The maximum absolute atomic E-state index is 13.5. The third kappa shape index (κ3) is 3.30. The van der Waals surface area contributed by atoms with Crippen LogP contribution >= 0.6 is 0 Å². The minimum atomic E-state index is -0.828. The van der Waals surface area contributed by atoms with E-state index in [-0.39, 0.29) is 11.9 Å². The van der Waals surface area contributed by atoms with E-state index >= 15 is 0 Å². The summed E-state index contributed by atoms with van der Waals surface area (Å²) in [6, 6.07) is 4.04. The zero-order valence-corrected chi connectivity index (χ0v) is 11.1. The third-order valence-corrected chi connectivity index (χ3v) is 3.43. The maximum atomic E-state index is 13.5. The Balaban J connectivity index is 1.93. The first kappa shape index (κ1) is 14.4. The van der Waals surface area contributed by atoms with E-state index in [2.05, 4.69) is 5.32 Å². The molecule has 108 valence electrons. The van der Waals surface area contributed by atoms with Gasteiger partial charge in [-0.15, -0.1) is 0 Å². The molecule has 0 spiro atoms. The molecule has 0 bridgehead atoms. The van der Waals surface area contributed by atoms with Gasteiger partial charge in [-0.2, -0.15) is 4.39 Å². The molecule has 1 aliphatic rings. The highest BCUT2D eigenvalue weighted by molar-refractivity contribution is 5.76. The van der Waals surface area contributed by atoms with Crippen LogP contribution in [-0.4, -0.2) is 35.4 Å². The van der Waals surface area contributed by atoms with Crippen LogP contribution in [-0.2, 0) is 11.3 Å². The van der Waals surface area contributed by atoms with E-state index in [1.165, 1.54) is 18.2 Å². The van der Waals surface area contributed by atoms with Gasteiger partial charge in [-0.05, 0) is 18.1 Å². The van der Waals surface area contributed by atoms with Crippen LogP contribution in [0.15, 0.2) is 18.2 Å². The molecule has 0 radical (unpaired) electrons. The monoisotopic (exact) mass is 281 g/mol. The molecule has 2 rings (SSSR count). The number of nitro groups is 1. The third-order valence-electron chi connectivity index (χ3n) is 3.43. The van der Waals surface area contributed by atoms with E-state index < -0.39 is 16.4 Å². The van der Waals surface area contributed by atoms with Crippen molar-refractivity contribution in [2.45, 2.75) is 25.4 Å². The molecule has 0 aliphatic carbocycles. The molecule has 0 aromatic heterocycles. The molecule has 1 aromatic rings. The van der Waals surface area contributed by atoms with E-state index in [1.54, 1.807) is 11.9 Å². The van der Waals surface area contributed by atoms with Gasteiger partial charge in [0.15, 0.2) is 0 Å². The van der Waals surface area contributed by atoms with Gasteiger partial charge in [0.05, 0.1) is 4.92 Å². The van der Waals surface area contributed by atoms with E-state index in [0.717, 1.165) is 6.42 Å². The van der Waals surface area contributed by atoms with Gasteiger partial charge in [-0.1, -0.05) is 6.07 Å². The van der Waals surface area contributed by atoms with Crippen LogP contribution in [0.3, 0.4) is 0 Å². The number of nitrogens with one attached hydrogen (secondary N) is 1. The zero-order valence-electron chi connectivity index (χ0n) is 11.1. The summed E-state index contributed by atoms with van der Waals surface area (Å²) in [5.41, 5.74) is 0.129. The lowest BCUT2D eigenvalue weighted by Gasteiger charge is -2.30. The van der Waals surface area contributed by atoms with Gasteiger partial charge in [-0.3, -0.25) is 14.9 Å². The van der Waals surface area contributed by atoms with Crippen LogP contribution in [0.1, 0.15) is 18.4 Å². The number of rotatable bonds is 4. The average molecular weight is 281 g/mol. The molecule has 6 nitrogen and oxygen atoms in total. The predicted molar refractivity (Wildman–Crippen MR) is 70.6 cm³/mol. The summed E-state index contributed by atoms with van der Waals surface area (Å²) in [7, 11) is 1.75. The van der Waals surface area contributed by atoms with Crippen LogP contribution in [0, 0.1) is 15.9 Å². The van der Waals surface area contributed by atoms with Gasteiger partial charge in [0.2, 0.25) is 11.7 Å². The summed E-state index contributed by atoms with van der Waals surface area (Å²) in [6.07, 6.45) is 1.25. The molecule has 7 heteroatoms. The van der Waals surface area contributed by atoms with E-state index in [1.807, 2.05) is 0 Å². The molecular formula is C13H16FN3O3. The molecule has 1 fully saturated rings. The second-order valence-electron chi connectivity index (χ2n) is 4.93. The van der Waals surface area contributed by atoms with Crippen molar-refractivity contribution in [3.05, 3.63) is 39.7 Å². The van der Waals surface area contributed by atoms with Crippen molar-refractivity contribution in [3.8, 4) is 0 Å². The molecule has 1 aromatic carbocycles. The summed E-state index contributed by atoms with van der Waals surface area (Å²) in [4.78, 5) is 22.8. The van der Waals surface area contributed by atoms with Gasteiger partial charge in [0.25, 0.3) is 0 Å². The fourth-order valence-corrected chi connectivity index (χ4v) is 2.25. The van der Waals surface area contributed by atoms with Crippen molar-refractivity contribution in [1.29, 1.82) is 0 Å².